The molecule has 0 saturated heterocycles. The summed E-state index contributed by atoms with van der Waals surface area (Å²) in [7, 11) is 0. The van der Waals surface area contributed by atoms with Gasteiger partial charge in [-0.1, -0.05) is 65.2 Å². The number of hydrogen-bond acceptors (Lipinski definition) is 4. The number of ketones is 1. The van der Waals surface area contributed by atoms with Crippen molar-refractivity contribution in [2.45, 2.75) is 110 Å². The number of aliphatic carboxylic acids is 1. The van der Waals surface area contributed by atoms with Gasteiger partial charge < -0.3 is 15.3 Å². The zero-order valence-electron chi connectivity index (χ0n) is 15.8. The van der Waals surface area contributed by atoms with Crippen molar-refractivity contribution in [2.75, 3.05) is 0 Å². The Morgan fingerprint density at radius 1 is 0.750 bits per heavy atom. The van der Waals surface area contributed by atoms with Gasteiger partial charge in [-0.2, -0.15) is 0 Å². The summed E-state index contributed by atoms with van der Waals surface area (Å²) in [6.45, 7) is 5.72. The largest absolute Gasteiger partial charge is 0.481 e. The summed E-state index contributed by atoms with van der Waals surface area (Å²) in [6.07, 6.45) is 9.52. The first-order valence-corrected chi connectivity index (χ1v) is 9.47. The molecule has 0 aromatic heterocycles. The number of aliphatic hydroxyl groups excluding tert-OH is 2. The SMILES string of the molecule is CCCCCCCC(=O)C(O)C(C)O.CCCCCCCC(=O)O. The maximum Gasteiger partial charge on any atom is 0.303 e. The predicted octanol–water partition coefficient (Wildman–Crippen LogP) is 4.09. The summed E-state index contributed by atoms with van der Waals surface area (Å²) in [5, 5.41) is 26.4. The van der Waals surface area contributed by atoms with Crippen LogP contribution >= 0.6 is 0 Å². The van der Waals surface area contributed by atoms with Crippen LogP contribution in [-0.4, -0.2) is 39.3 Å². The molecule has 0 aliphatic carbocycles. The lowest BCUT2D eigenvalue weighted by Crippen LogP contribution is -2.31. The van der Waals surface area contributed by atoms with Gasteiger partial charge in [0.1, 0.15) is 6.10 Å². The van der Waals surface area contributed by atoms with Crippen LogP contribution in [-0.2, 0) is 9.59 Å². The van der Waals surface area contributed by atoms with E-state index in [4.69, 9.17) is 10.2 Å². The molecule has 0 aromatic rings. The molecule has 0 aliphatic heterocycles. The minimum Gasteiger partial charge on any atom is -0.481 e. The zero-order valence-corrected chi connectivity index (χ0v) is 15.8. The minimum absolute atomic E-state index is 0.239. The molecule has 0 fully saturated rings. The highest BCUT2D eigenvalue weighted by Crippen LogP contribution is 2.07. The molecule has 5 nitrogen and oxygen atoms in total. The number of unbranched alkanes of at least 4 members (excludes halogenated alkanes) is 8. The molecule has 0 aliphatic rings. The molecule has 0 saturated carbocycles. The lowest BCUT2D eigenvalue weighted by atomic mass is 10.0. The predicted molar refractivity (Wildman–Crippen MR) is 97.1 cm³/mol. The first-order chi connectivity index (χ1) is 11.4. The van der Waals surface area contributed by atoms with Crippen LogP contribution in [0.15, 0.2) is 0 Å². The Labute approximate surface area is 147 Å². The van der Waals surface area contributed by atoms with Crippen molar-refractivity contribution in [1.29, 1.82) is 0 Å². The Morgan fingerprint density at radius 2 is 1.17 bits per heavy atom. The normalized spacial score (nSPS) is 12.9. The molecule has 3 N–H and O–H groups in total. The Morgan fingerprint density at radius 3 is 1.54 bits per heavy atom. The third-order valence-electron chi connectivity index (χ3n) is 3.81. The average Bonchev–Trinajstić information content (AvgIpc) is 2.53. The first kappa shape index (κ1) is 25.3. The van der Waals surface area contributed by atoms with Crippen molar-refractivity contribution in [2.24, 2.45) is 0 Å². The first-order valence-electron chi connectivity index (χ1n) is 9.47. The highest BCUT2D eigenvalue weighted by molar-refractivity contribution is 5.83. The second kappa shape index (κ2) is 18.4. The molecule has 144 valence electrons. The highest BCUT2D eigenvalue weighted by atomic mass is 16.4. The summed E-state index contributed by atoms with van der Waals surface area (Å²) in [4.78, 5) is 21.2. The summed E-state index contributed by atoms with van der Waals surface area (Å²) in [6, 6.07) is 0. The molecule has 5 heteroatoms. The van der Waals surface area contributed by atoms with Gasteiger partial charge in [-0.3, -0.25) is 9.59 Å². The van der Waals surface area contributed by atoms with Crippen molar-refractivity contribution >= 4 is 11.8 Å². The fraction of sp³-hybridized carbons (Fsp3) is 0.895. The lowest BCUT2D eigenvalue weighted by molar-refractivity contribution is -0.137. The van der Waals surface area contributed by atoms with Crippen molar-refractivity contribution in [3.05, 3.63) is 0 Å². The van der Waals surface area contributed by atoms with E-state index in [-0.39, 0.29) is 5.78 Å². The van der Waals surface area contributed by atoms with E-state index in [1.165, 1.54) is 39.0 Å². The van der Waals surface area contributed by atoms with E-state index >= 15 is 0 Å². The third-order valence-corrected chi connectivity index (χ3v) is 3.81. The van der Waals surface area contributed by atoms with Gasteiger partial charge in [0, 0.05) is 12.8 Å². The molecule has 2 unspecified atom stereocenters. The third kappa shape index (κ3) is 19.1. The van der Waals surface area contributed by atoms with Gasteiger partial charge in [-0.15, -0.1) is 0 Å². The quantitative estimate of drug-likeness (QED) is 0.412. The van der Waals surface area contributed by atoms with Crippen LogP contribution in [0.25, 0.3) is 0 Å². The average molecular weight is 347 g/mol. The van der Waals surface area contributed by atoms with E-state index in [2.05, 4.69) is 13.8 Å². The minimum atomic E-state index is -1.19. The van der Waals surface area contributed by atoms with Crippen molar-refractivity contribution < 1.29 is 24.9 Å². The molecule has 0 aromatic carbocycles. The van der Waals surface area contributed by atoms with Gasteiger partial charge in [-0.05, 0) is 19.8 Å². The Bertz CT molecular complexity index is 302. The van der Waals surface area contributed by atoms with E-state index in [9.17, 15) is 14.7 Å². The van der Waals surface area contributed by atoms with Crippen LogP contribution in [0.2, 0.25) is 0 Å². The summed E-state index contributed by atoms with van der Waals surface area (Å²) < 4.78 is 0. The second-order valence-corrected chi connectivity index (χ2v) is 6.37. The monoisotopic (exact) mass is 346 g/mol. The summed E-state index contributed by atoms with van der Waals surface area (Å²) in [5.74, 6) is -0.909. The molecule has 0 bridgehead atoms. The van der Waals surface area contributed by atoms with Crippen molar-refractivity contribution in [3.8, 4) is 0 Å². The van der Waals surface area contributed by atoms with Gasteiger partial charge in [0.25, 0.3) is 0 Å². The van der Waals surface area contributed by atoms with E-state index in [0.29, 0.717) is 12.8 Å². The van der Waals surface area contributed by atoms with E-state index in [1.54, 1.807) is 0 Å². The lowest BCUT2D eigenvalue weighted by Gasteiger charge is -2.11. The number of carboxylic acids is 1. The van der Waals surface area contributed by atoms with Crippen molar-refractivity contribution in [1.82, 2.24) is 0 Å². The molecular formula is C19H38O5. The van der Waals surface area contributed by atoms with Crippen LogP contribution in [0, 0.1) is 0 Å². The number of carbonyl (C=O) groups excluding carboxylic acids is 1. The van der Waals surface area contributed by atoms with Crippen LogP contribution in [0.1, 0.15) is 97.8 Å². The Kier molecular flexibility index (Phi) is 19.4. The summed E-state index contributed by atoms with van der Waals surface area (Å²) in [5.41, 5.74) is 0. The fourth-order valence-electron chi connectivity index (χ4n) is 2.20. The van der Waals surface area contributed by atoms with Crippen LogP contribution in [0.5, 0.6) is 0 Å². The fourth-order valence-corrected chi connectivity index (χ4v) is 2.20. The van der Waals surface area contributed by atoms with Crippen LogP contribution in [0.3, 0.4) is 0 Å². The Balaban J connectivity index is 0. The standard InChI is InChI=1S/C11H22O3.C8H16O2/c1-3-4-5-6-7-8-10(13)11(14)9(2)12;1-2-3-4-5-6-7-8(9)10/h9,11-12,14H,3-8H2,1-2H3;2-7H2,1H3,(H,9,10). The van der Waals surface area contributed by atoms with Gasteiger partial charge in [0.2, 0.25) is 0 Å². The molecule has 0 spiro atoms. The molecule has 24 heavy (non-hydrogen) atoms. The second-order valence-electron chi connectivity index (χ2n) is 6.37. The molecule has 0 heterocycles. The smallest absolute Gasteiger partial charge is 0.303 e. The van der Waals surface area contributed by atoms with E-state index in [0.717, 1.165) is 32.1 Å². The number of carbonyl (C=O) groups is 2. The molecule has 0 amide bonds. The van der Waals surface area contributed by atoms with Gasteiger partial charge in [0.05, 0.1) is 6.10 Å². The van der Waals surface area contributed by atoms with Gasteiger partial charge in [-0.25, -0.2) is 0 Å². The van der Waals surface area contributed by atoms with Gasteiger partial charge in [0.15, 0.2) is 5.78 Å². The summed E-state index contributed by atoms with van der Waals surface area (Å²) >= 11 is 0. The highest BCUT2D eigenvalue weighted by Gasteiger charge is 2.19. The van der Waals surface area contributed by atoms with Crippen molar-refractivity contribution in [3.63, 3.8) is 0 Å². The van der Waals surface area contributed by atoms with Crippen LogP contribution in [0.4, 0.5) is 0 Å². The topological polar surface area (TPSA) is 94.8 Å². The maximum atomic E-state index is 11.2. The number of rotatable bonds is 14. The molecule has 0 radical (unpaired) electrons. The number of Topliss-reactive ketones (excluding diaryl/α,β-unsaturated/α-hetero) is 1. The Hall–Kier alpha value is -0.940. The number of carboxylic acid groups (broad SMARTS) is 1. The van der Waals surface area contributed by atoms with E-state index < -0.39 is 18.2 Å². The maximum absolute atomic E-state index is 11.2. The van der Waals surface area contributed by atoms with Gasteiger partial charge >= 0.3 is 5.97 Å². The number of hydrogen-bond donors (Lipinski definition) is 3. The molecule has 0 rings (SSSR count). The molecular weight excluding hydrogens is 308 g/mol. The number of aliphatic hydroxyl groups is 2. The zero-order chi connectivity index (χ0) is 18.8. The molecule has 2 atom stereocenters. The van der Waals surface area contributed by atoms with Crippen LogP contribution < -0.4 is 0 Å². The van der Waals surface area contributed by atoms with E-state index in [1.807, 2.05) is 0 Å².